The minimum Gasteiger partial charge on any atom is -0.484 e. The van der Waals surface area contributed by atoms with Crippen LogP contribution >= 0.6 is 15.9 Å². The Labute approximate surface area is 155 Å². The van der Waals surface area contributed by atoms with E-state index in [1.165, 1.54) is 4.31 Å². The van der Waals surface area contributed by atoms with Crippen LogP contribution in [0.4, 0.5) is 0 Å². The molecule has 134 valence electrons. The average Bonchev–Trinajstić information content (AvgIpc) is 2.91. The average molecular weight is 427 g/mol. The summed E-state index contributed by atoms with van der Waals surface area (Å²) in [5.74, 6) is 0.544. The highest BCUT2D eigenvalue weighted by Crippen LogP contribution is 2.24. The normalized spacial score (nSPS) is 16.8. The molecule has 8 heteroatoms. The molecule has 1 fully saturated rings. The highest BCUT2D eigenvalue weighted by molar-refractivity contribution is 9.10. The second kappa shape index (κ2) is 7.72. The third-order valence-electron chi connectivity index (χ3n) is 4.03. The standard InChI is InChI=1S/C17H19BrN2O4S/c18-15-4-2-14-11-16(5-3-13(14)10-15)24-12-17(21)19-6-8-20-7-1-9-25(20,22)23/h2-5,10-11H,1,6-9,12H2,(H,19,21). The summed E-state index contributed by atoms with van der Waals surface area (Å²) in [6, 6.07) is 11.6. The Morgan fingerprint density at radius 2 is 1.96 bits per heavy atom. The number of nitrogens with zero attached hydrogens (tertiary/aromatic N) is 1. The quantitative estimate of drug-likeness (QED) is 0.767. The van der Waals surface area contributed by atoms with E-state index in [1.807, 2.05) is 36.4 Å². The molecule has 3 rings (SSSR count). The summed E-state index contributed by atoms with van der Waals surface area (Å²) in [6.45, 7) is 1.02. The number of ether oxygens (including phenoxy) is 1. The van der Waals surface area contributed by atoms with Crippen LogP contribution in [-0.2, 0) is 14.8 Å². The van der Waals surface area contributed by atoms with Crippen molar-refractivity contribution in [3.63, 3.8) is 0 Å². The summed E-state index contributed by atoms with van der Waals surface area (Å²) in [7, 11) is -3.12. The van der Waals surface area contributed by atoms with Crippen molar-refractivity contribution in [3.05, 3.63) is 40.9 Å². The first-order valence-electron chi connectivity index (χ1n) is 8.01. The Balaban J connectivity index is 1.46. The number of hydrogen-bond acceptors (Lipinski definition) is 4. The smallest absolute Gasteiger partial charge is 0.257 e. The van der Waals surface area contributed by atoms with Gasteiger partial charge < -0.3 is 10.1 Å². The van der Waals surface area contributed by atoms with Crippen LogP contribution in [0.25, 0.3) is 10.8 Å². The second-order valence-electron chi connectivity index (χ2n) is 5.86. The fourth-order valence-electron chi connectivity index (χ4n) is 2.75. The Kier molecular flexibility index (Phi) is 5.61. The van der Waals surface area contributed by atoms with Gasteiger partial charge in [-0.3, -0.25) is 4.79 Å². The maximum Gasteiger partial charge on any atom is 0.257 e. The van der Waals surface area contributed by atoms with Crippen LogP contribution < -0.4 is 10.1 Å². The number of halogens is 1. The Bertz CT molecular complexity index is 885. The Morgan fingerprint density at radius 1 is 1.20 bits per heavy atom. The molecular weight excluding hydrogens is 408 g/mol. The molecular formula is C17H19BrN2O4S. The van der Waals surface area contributed by atoms with Crippen LogP contribution in [-0.4, -0.2) is 50.6 Å². The second-order valence-corrected chi connectivity index (χ2v) is 8.86. The molecule has 25 heavy (non-hydrogen) atoms. The molecule has 6 nitrogen and oxygen atoms in total. The van der Waals surface area contributed by atoms with E-state index < -0.39 is 10.0 Å². The molecule has 1 N–H and O–H groups in total. The maximum atomic E-state index is 11.8. The lowest BCUT2D eigenvalue weighted by molar-refractivity contribution is -0.123. The molecule has 1 aliphatic rings. The van der Waals surface area contributed by atoms with E-state index >= 15 is 0 Å². The number of benzene rings is 2. The molecule has 0 aromatic heterocycles. The molecule has 0 aliphatic carbocycles. The molecule has 2 aromatic carbocycles. The molecule has 1 amide bonds. The number of fused-ring (bicyclic) bond motifs is 1. The SMILES string of the molecule is O=C(COc1ccc2cc(Br)ccc2c1)NCCN1CCCS1(=O)=O. The van der Waals surface area contributed by atoms with Crippen molar-refractivity contribution in [2.75, 3.05) is 32.0 Å². The van der Waals surface area contributed by atoms with Gasteiger partial charge in [0.05, 0.1) is 5.75 Å². The van der Waals surface area contributed by atoms with Gasteiger partial charge in [0.1, 0.15) is 5.75 Å². The van der Waals surface area contributed by atoms with Crippen molar-refractivity contribution in [1.29, 1.82) is 0 Å². The summed E-state index contributed by atoms with van der Waals surface area (Å²) in [4.78, 5) is 11.8. The molecule has 1 aliphatic heterocycles. The van der Waals surface area contributed by atoms with E-state index in [4.69, 9.17) is 4.74 Å². The molecule has 1 heterocycles. The highest BCUT2D eigenvalue weighted by atomic mass is 79.9. The Morgan fingerprint density at radius 3 is 2.72 bits per heavy atom. The summed E-state index contributed by atoms with van der Waals surface area (Å²) < 4.78 is 31.3. The number of sulfonamides is 1. The van der Waals surface area contributed by atoms with Crippen LogP contribution in [0.1, 0.15) is 6.42 Å². The van der Waals surface area contributed by atoms with Gasteiger partial charge in [0.25, 0.3) is 5.91 Å². The molecule has 0 atom stereocenters. The number of amides is 1. The number of rotatable bonds is 6. The predicted octanol–water partition coefficient (Wildman–Crippen LogP) is 2.13. The van der Waals surface area contributed by atoms with Crippen molar-refractivity contribution in [1.82, 2.24) is 9.62 Å². The molecule has 0 spiro atoms. The zero-order chi connectivity index (χ0) is 17.9. The topological polar surface area (TPSA) is 75.7 Å². The first-order chi connectivity index (χ1) is 11.9. The van der Waals surface area contributed by atoms with Crippen LogP contribution in [0.3, 0.4) is 0 Å². The highest BCUT2D eigenvalue weighted by Gasteiger charge is 2.27. The van der Waals surface area contributed by atoms with Crippen molar-refractivity contribution in [2.24, 2.45) is 0 Å². The van der Waals surface area contributed by atoms with E-state index in [9.17, 15) is 13.2 Å². The molecule has 0 radical (unpaired) electrons. The van der Waals surface area contributed by atoms with Gasteiger partial charge in [-0.1, -0.05) is 28.1 Å². The van der Waals surface area contributed by atoms with Gasteiger partial charge in [-0.2, -0.15) is 0 Å². The minimum atomic E-state index is -3.12. The zero-order valence-electron chi connectivity index (χ0n) is 13.6. The van der Waals surface area contributed by atoms with E-state index in [1.54, 1.807) is 0 Å². The van der Waals surface area contributed by atoms with Crippen LogP contribution in [0.2, 0.25) is 0 Å². The monoisotopic (exact) mass is 426 g/mol. The van der Waals surface area contributed by atoms with Gasteiger partial charge in [-0.25, -0.2) is 12.7 Å². The Hall–Kier alpha value is -1.64. The third kappa shape index (κ3) is 4.71. The first-order valence-corrected chi connectivity index (χ1v) is 10.4. The lowest BCUT2D eigenvalue weighted by Crippen LogP contribution is -2.37. The van der Waals surface area contributed by atoms with E-state index in [2.05, 4.69) is 21.2 Å². The largest absolute Gasteiger partial charge is 0.484 e. The van der Waals surface area contributed by atoms with Gasteiger partial charge in [0.15, 0.2) is 6.61 Å². The van der Waals surface area contributed by atoms with Crippen LogP contribution in [0.15, 0.2) is 40.9 Å². The minimum absolute atomic E-state index is 0.102. The third-order valence-corrected chi connectivity index (χ3v) is 6.48. The van der Waals surface area contributed by atoms with E-state index in [-0.39, 0.29) is 24.8 Å². The van der Waals surface area contributed by atoms with Gasteiger partial charge in [-0.05, 0) is 41.5 Å². The van der Waals surface area contributed by atoms with Crippen molar-refractivity contribution < 1.29 is 17.9 Å². The van der Waals surface area contributed by atoms with Crippen molar-refractivity contribution in [2.45, 2.75) is 6.42 Å². The van der Waals surface area contributed by atoms with Crippen LogP contribution in [0, 0.1) is 0 Å². The fraction of sp³-hybridized carbons (Fsp3) is 0.353. The van der Waals surface area contributed by atoms with E-state index in [0.29, 0.717) is 25.3 Å². The summed E-state index contributed by atoms with van der Waals surface area (Å²) in [5, 5.41) is 4.80. The number of carbonyl (C=O) groups is 1. The fourth-order valence-corrected chi connectivity index (χ4v) is 4.65. The molecule has 2 aromatic rings. The summed E-state index contributed by atoms with van der Waals surface area (Å²) in [6.07, 6.45) is 0.651. The zero-order valence-corrected chi connectivity index (χ0v) is 16.0. The number of carbonyl (C=O) groups excluding carboxylic acids is 1. The van der Waals surface area contributed by atoms with Crippen molar-refractivity contribution >= 4 is 42.6 Å². The molecule has 1 saturated heterocycles. The van der Waals surface area contributed by atoms with Gasteiger partial charge in [-0.15, -0.1) is 0 Å². The maximum absolute atomic E-state index is 11.8. The summed E-state index contributed by atoms with van der Waals surface area (Å²) >= 11 is 3.43. The predicted molar refractivity (Wildman–Crippen MR) is 100 cm³/mol. The molecule has 0 unspecified atom stereocenters. The van der Waals surface area contributed by atoms with Crippen LogP contribution in [0.5, 0.6) is 5.75 Å². The van der Waals surface area contributed by atoms with Gasteiger partial charge in [0.2, 0.25) is 10.0 Å². The van der Waals surface area contributed by atoms with Gasteiger partial charge >= 0.3 is 0 Å². The van der Waals surface area contributed by atoms with Crippen molar-refractivity contribution in [3.8, 4) is 5.75 Å². The molecule has 0 bridgehead atoms. The molecule has 0 saturated carbocycles. The number of nitrogens with one attached hydrogen (secondary N) is 1. The summed E-state index contributed by atoms with van der Waals surface area (Å²) in [5.41, 5.74) is 0. The first kappa shape index (κ1) is 18.2. The van der Waals surface area contributed by atoms with Gasteiger partial charge in [0, 0.05) is 24.1 Å². The van der Waals surface area contributed by atoms with E-state index in [0.717, 1.165) is 15.2 Å². The lowest BCUT2D eigenvalue weighted by Gasteiger charge is -2.14. The number of hydrogen-bond donors (Lipinski definition) is 1. The lowest BCUT2D eigenvalue weighted by atomic mass is 10.1.